The van der Waals surface area contributed by atoms with E-state index in [0.717, 1.165) is 12.8 Å². The molecule has 5 nitrogen and oxygen atoms in total. The Kier molecular flexibility index (Phi) is 4.50. The van der Waals surface area contributed by atoms with Gasteiger partial charge in [0, 0.05) is 32.1 Å². The van der Waals surface area contributed by atoms with Gasteiger partial charge in [-0.1, -0.05) is 6.07 Å². The monoisotopic (exact) mass is 320 g/mol. The molecule has 0 aromatic heterocycles. The second-order valence-electron chi connectivity index (χ2n) is 6.13. The topological polar surface area (TPSA) is 49.9 Å². The first-order chi connectivity index (χ1) is 11.1. The average Bonchev–Trinajstić information content (AvgIpc) is 3.39. The number of benzene rings is 1. The fraction of sp³-hybridized carbons (Fsp3) is 0.529. The first kappa shape index (κ1) is 15.8. The standard InChI is InChI=1S/C17H21FN2O3/c1-23-15-5-2-12(10-14(15)18)11-16(21)19-6-8-20(9-7-19)17(22)13-3-4-13/h2,5,10,13H,3-4,6-9,11H2,1H3. The van der Waals surface area contributed by atoms with Gasteiger partial charge in [0.05, 0.1) is 13.5 Å². The molecule has 0 spiro atoms. The van der Waals surface area contributed by atoms with Crippen LogP contribution in [0.2, 0.25) is 0 Å². The number of nitrogens with zero attached hydrogens (tertiary/aromatic N) is 2. The number of rotatable bonds is 4. The number of halogens is 1. The van der Waals surface area contributed by atoms with Gasteiger partial charge in [-0.05, 0) is 30.5 Å². The summed E-state index contributed by atoms with van der Waals surface area (Å²) in [6.45, 7) is 2.29. The fourth-order valence-electron chi connectivity index (χ4n) is 2.87. The van der Waals surface area contributed by atoms with Gasteiger partial charge in [-0.3, -0.25) is 9.59 Å². The molecule has 23 heavy (non-hydrogen) atoms. The third-order valence-electron chi connectivity index (χ3n) is 4.44. The lowest BCUT2D eigenvalue weighted by Crippen LogP contribution is -2.51. The van der Waals surface area contributed by atoms with Crippen molar-refractivity contribution in [1.29, 1.82) is 0 Å². The third-order valence-corrected chi connectivity index (χ3v) is 4.44. The largest absolute Gasteiger partial charge is 0.494 e. The van der Waals surface area contributed by atoms with E-state index in [4.69, 9.17) is 4.74 Å². The molecule has 0 N–H and O–H groups in total. The molecule has 1 aromatic carbocycles. The summed E-state index contributed by atoms with van der Waals surface area (Å²) in [4.78, 5) is 27.9. The first-order valence-corrected chi connectivity index (χ1v) is 7.97. The van der Waals surface area contributed by atoms with Gasteiger partial charge in [0.25, 0.3) is 0 Å². The van der Waals surface area contributed by atoms with Gasteiger partial charge in [0.2, 0.25) is 11.8 Å². The highest BCUT2D eigenvalue weighted by molar-refractivity contribution is 5.82. The highest BCUT2D eigenvalue weighted by Crippen LogP contribution is 2.31. The molecular formula is C17H21FN2O3. The summed E-state index contributed by atoms with van der Waals surface area (Å²) in [5.74, 6) is 0.132. The van der Waals surface area contributed by atoms with Crippen molar-refractivity contribution in [2.75, 3.05) is 33.3 Å². The number of piperazine rings is 1. The van der Waals surface area contributed by atoms with E-state index in [9.17, 15) is 14.0 Å². The minimum Gasteiger partial charge on any atom is -0.494 e. The molecule has 0 bridgehead atoms. The lowest BCUT2D eigenvalue weighted by Gasteiger charge is -2.35. The second-order valence-corrected chi connectivity index (χ2v) is 6.13. The maximum Gasteiger partial charge on any atom is 0.227 e. The molecule has 1 aliphatic heterocycles. The zero-order valence-electron chi connectivity index (χ0n) is 13.3. The molecule has 1 aliphatic carbocycles. The van der Waals surface area contributed by atoms with Crippen LogP contribution in [-0.4, -0.2) is 54.9 Å². The Morgan fingerprint density at radius 1 is 1.17 bits per heavy atom. The molecule has 6 heteroatoms. The Hall–Kier alpha value is -2.11. The molecule has 1 saturated heterocycles. The van der Waals surface area contributed by atoms with Crippen molar-refractivity contribution in [3.05, 3.63) is 29.6 Å². The molecule has 2 amide bonds. The third kappa shape index (κ3) is 3.63. The minimum atomic E-state index is -0.461. The van der Waals surface area contributed by atoms with E-state index in [-0.39, 0.29) is 29.9 Å². The van der Waals surface area contributed by atoms with Crippen molar-refractivity contribution in [3.63, 3.8) is 0 Å². The molecule has 2 aliphatic rings. The Morgan fingerprint density at radius 3 is 2.39 bits per heavy atom. The summed E-state index contributed by atoms with van der Waals surface area (Å²) in [5, 5.41) is 0. The molecule has 0 atom stereocenters. The molecule has 2 fully saturated rings. The van der Waals surface area contributed by atoms with Gasteiger partial charge >= 0.3 is 0 Å². The number of carbonyl (C=O) groups excluding carboxylic acids is 2. The zero-order valence-corrected chi connectivity index (χ0v) is 13.3. The lowest BCUT2D eigenvalue weighted by molar-refractivity contribution is -0.140. The van der Waals surface area contributed by atoms with Gasteiger partial charge in [-0.25, -0.2) is 4.39 Å². The Balaban J connectivity index is 1.53. The van der Waals surface area contributed by atoms with Gasteiger partial charge in [0.1, 0.15) is 0 Å². The van der Waals surface area contributed by atoms with E-state index in [2.05, 4.69) is 0 Å². The predicted molar refractivity (Wildman–Crippen MR) is 82.5 cm³/mol. The lowest BCUT2D eigenvalue weighted by atomic mass is 10.1. The van der Waals surface area contributed by atoms with E-state index < -0.39 is 5.82 Å². The van der Waals surface area contributed by atoms with E-state index in [1.54, 1.807) is 11.0 Å². The molecule has 1 saturated carbocycles. The quantitative estimate of drug-likeness (QED) is 0.844. The first-order valence-electron chi connectivity index (χ1n) is 7.97. The van der Waals surface area contributed by atoms with Crippen LogP contribution in [0.1, 0.15) is 18.4 Å². The van der Waals surface area contributed by atoms with Crippen molar-refractivity contribution < 1.29 is 18.7 Å². The van der Waals surface area contributed by atoms with Crippen molar-refractivity contribution >= 4 is 11.8 Å². The van der Waals surface area contributed by atoms with Gasteiger partial charge < -0.3 is 14.5 Å². The van der Waals surface area contributed by atoms with Gasteiger partial charge in [0.15, 0.2) is 11.6 Å². The van der Waals surface area contributed by atoms with Crippen molar-refractivity contribution in [2.24, 2.45) is 5.92 Å². The highest BCUT2D eigenvalue weighted by Gasteiger charge is 2.35. The number of methoxy groups -OCH3 is 1. The smallest absolute Gasteiger partial charge is 0.227 e. The normalized spacial score (nSPS) is 18.0. The van der Waals surface area contributed by atoms with Crippen molar-refractivity contribution in [2.45, 2.75) is 19.3 Å². The predicted octanol–water partition coefficient (Wildman–Crippen LogP) is 1.46. The van der Waals surface area contributed by atoms with Crippen LogP contribution < -0.4 is 4.74 Å². The molecule has 1 aromatic rings. The van der Waals surface area contributed by atoms with Crippen LogP contribution in [0.15, 0.2) is 18.2 Å². The van der Waals surface area contributed by atoms with Gasteiger partial charge in [-0.15, -0.1) is 0 Å². The van der Waals surface area contributed by atoms with E-state index >= 15 is 0 Å². The highest BCUT2D eigenvalue weighted by atomic mass is 19.1. The van der Waals surface area contributed by atoms with E-state index in [1.165, 1.54) is 19.2 Å². The molecule has 0 radical (unpaired) electrons. The summed E-state index contributed by atoms with van der Waals surface area (Å²) in [5.41, 5.74) is 0.629. The van der Waals surface area contributed by atoms with Crippen LogP contribution in [0.5, 0.6) is 5.75 Å². The van der Waals surface area contributed by atoms with Crippen LogP contribution in [-0.2, 0) is 16.0 Å². The Bertz CT molecular complexity index is 608. The summed E-state index contributed by atoms with van der Waals surface area (Å²) < 4.78 is 18.5. The zero-order chi connectivity index (χ0) is 16.4. The fourth-order valence-corrected chi connectivity index (χ4v) is 2.87. The van der Waals surface area contributed by atoms with Crippen LogP contribution in [0.25, 0.3) is 0 Å². The number of carbonyl (C=O) groups is 2. The molecular weight excluding hydrogens is 299 g/mol. The number of ether oxygens (including phenoxy) is 1. The van der Waals surface area contributed by atoms with Crippen molar-refractivity contribution in [3.8, 4) is 5.75 Å². The number of hydrogen-bond acceptors (Lipinski definition) is 3. The number of amides is 2. The van der Waals surface area contributed by atoms with Gasteiger partial charge in [-0.2, -0.15) is 0 Å². The molecule has 0 unspecified atom stereocenters. The average molecular weight is 320 g/mol. The van der Waals surface area contributed by atoms with Crippen LogP contribution in [0, 0.1) is 11.7 Å². The van der Waals surface area contributed by atoms with Crippen LogP contribution in [0.4, 0.5) is 4.39 Å². The summed E-state index contributed by atoms with van der Waals surface area (Å²) in [6, 6.07) is 4.57. The summed E-state index contributed by atoms with van der Waals surface area (Å²) in [7, 11) is 1.41. The maximum absolute atomic E-state index is 13.7. The Morgan fingerprint density at radius 2 is 1.83 bits per heavy atom. The SMILES string of the molecule is COc1ccc(CC(=O)N2CCN(C(=O)C3CC3)CC2)cc1F. The van der Waals surface area contributed by atoms with Crippen LogP contribution >= 0.6 is 0 Å². The Labute approximate surface area is 135 Å². The molecule has 1 heterocycles. The minimum absolute atomic E-state index is 0.0342. The van der Waals surface area contributed by atoms with E-state index in [1.807, 2.05) is 4.90 Å². The summed E-state index contributed by atoms with van der Waals surface area (Å²) in [6.07, 6.45) is 2.17. The summed E-state index contributed by atoms with van der Waals surface area (Å²) >= 11 is 0. The molecule has 3 rings (SSSR count). The van der Waals surface area contributed by atoms with Crippen molar-refractivity contribution in [1.82, 2.24) is 9.80 Å². The molecule has 124 valence electrons. The number of hydrogen-bond donors (Lipinski definition) is 0. The van der Waals surface area contributed by atoms with Crippen LogP contribution in [0.3, 0.4) is 0 Å². The second kappa shape index (κ2) is 6.56. The van der Waals surface area contributed by atoms with E-state index in [0.29, 0.717) is 31.7 Å². The maximum atomic E-state index is 13.7.